The Morgan fingerprint density at radius 3 is 2.15 bits per heavy atom. The van der Waals surface area contributed by atoms with E-state index in [-0.39, 0.29) is 11.1 Å². The molecule has 0 unspecified atom stereocenters. The van der Waals surface area contributed by atoms with Crippen LogP contribution in [0, 0.1) is 0 Å². The molecule has 0 bridgehead atoms. The number of amides is 2. The number of carbonyl (C=O) groups is 4. The summed E-state index contributed by atoms with van der Waals surface area (Å²) in [5.41, 5.74) is 0.992. The third-order valence-electron chi connectivity index (χ3n) is 4.31. The quantitative estimate of drug-likeness (QED) is 0.268. The molecule has 0 heterocycles. The van der Waals surface area contributed by atoms with Crippen molar-refractivity contribution in [3.8, 4) is 5.75 Å². The molecular weight excluding hydrogens is 428 g/mol. The summed E-state index contributed by atoms with van der Waals surface area (Å²) in [6.07, 6.45) is 2.96. The first-order chi connectivity index (χ1) is 15.8. The van der Waals surface area contributed by atoms with E-state index in [2.05, 4.69) is 17.6 Å². The minimum atomic E-state index is -1.19. The number of hydrogen-bond donors (Lipinski definition) is 3. The molecule has 2 rings (SSSR count). The summed E-state index contributed by atoms with van der Waals surface area (Å²) in [5, 5.41) is 13.9. The topological polar surface area (TPSA) is 131 Å². The number of rotatable bonds is 11. The van der Waals surface area contributed by atoms with Gasteiger partial charge in [0.05, 0.1) is 12.2 Å². The van der Waals surface area contributed by atoms with Crippen LogP contribution in [0.15, 0.2) is 60.2 Å². The smallest absolute Gasteiger partial charge is 0.338 e. The monoisotopic (exact) mass is 454 g/mol. The maximum Gasteiger partial charge on any atom is 0.338 e. The SMILES string of the molecule is CCCCOc1ccc(NC(=O)COC(=O)c2ccc(NC(=O)/C=C(\C)C(=O)O)cc2)cc1. The molecule has 0 saturated heterocycles. The maximum absolute atomic E-state index is 12.1. The second-order valence-electron chi connectivity index (χ2n) is 7.05. The van der Waals surface area contributed by atoms with Crippen molar-refractivity contribution in [1.82, 2.24) is 0 Å². The van der Waals surface area contributed by atoms with Crippen molar-refractivity contribution in [2.45, 2.75) is 26.7 Å². The molecule has 0 aliphatic carbocycles. The van der Waals surface area contributed by atoms with Crippen molar-refractivity contribution in [2.75, 3.05) is 23.8 Å². The Balaban J connectivity index is 1.80. The summed E-state index contributed by atoms with van der Waals surface area (Å²) in [7, 11) is 0. The molecule has 0 aromatic heterocycles. The van der Waals surface area contributed by atoms with Crippen LogP contribution in [-0.4, -0.2) is 42.1 Å². The highest BCUT2D eigenvalue weighted by Gasteiger charge is 2.11. The van der Waals surface area contributed by atoms with Crippen LogP contribution in [0.5, 0.6) is 5.75 Å². The van der Waals surface area contributed by atoms with Crippen molar-refractivity contribution < 1.29 is 33.8 Å². The summed E-state index contributed by atoms with van der Waals surface area (Å²) in [5.74, 6) is -2.29. The lowest BCUT2D eigenvalue weighted by Crippen LogP contribution is -2.21. The number of aliphatic carboxylic acids is 1. The minimum Gasteiger partial charge on any atom is -0.494 e. The summed E-state index contributed by atoms with van der Waals surface area (Å²) in [4.78, 5) is 46.7. The normalized spacial score (nSPS) is 10.8. The zero-order chi connectivity index (χ0) is 24.2. The van der Waals surface area contributed by atoms with Crippen LogP contribution < -0.4 is 15.4 Å². The first kappa shape index (κ1) is 25.1. The lowest BCUT2D eigenvalue weighted by molar-refractivity contribution is -0.132. The van der Waals surface area contributed by atoms with Crippen LogP contribution in [0.25, 0.3) is 0 Å². The number of ether oxygens (including phenoxy) is 2. The number of carboxylic acid groups (broad SMARTS) is 1. The number of nitrogens with one attached hydrogen (secondary N) is 2. The van der Waals surface area contributed by atoms with Crippen molar-refractivity contribution >= 4 is 35.1 Å². The third kappa shape index (κ3) is 8.86. The molecule has 0 fully saturated rings. The Hall–Kier alpha value is -4.14. The Kier molecular flexibility index (Phi) is 9.63. The number of benzene rings is 2. The fraction of sp³-hybridized carbons (Fsp3) is 0.250. The molecule has 0 spiro atoms. The van der Waals surface area contributed by atoms with E-state index in [1.165, 1.54) is 31.2 Å². The molecule has 0 aliphatic heterocycles. The van der Waals surface area contributed by atoms with Crippen LogP contribution in [-0.2, 0) is 19.1 Å². The Bertz CT molecular complexity index is 1010. The van der Waals surface area contributed by atoms with Crippen molar-refractivity contribution in [3.63, 3.8) is 0 Å². The van der Waals surface area contributed by atoms with Gasteiger partial charge in [-0.25, -0.2) is 9.59 Å². The van der Waals surface area contributed by atoms with E-state index in [1.807, 2.05) is 0 Å². The summed E-state index contributed by atoms with van der Waals surface area (Å²) < 4.78 is 10.6. The van der Waals surface area contributed by atoms with E-state index in [0.29, 0.717) is 23.7 Å². The molecular formula is C24H26N2O7. The first-order valence-corrected chi connectivity index (χ1v) is 10.3. The maximum atomic E-state index is 12.1. The molecule has 174 valence electrons. The fourth-order valence-electron chi connectivity index (χ4n) is 2.51. The van der Waals surface area contributed by atoms with Gasteiger partial charge in [0.15, 0.2) is 6.61 Å². The average molecular weight is 454 g/mol. The summed E-state index contributed by atoms with van der Waals surface area (Å²) in [6.45, 7) is 3.54. The minimum absolute atomic E-state index is 0.109. The molecule has 9 nitrogen and oxygen atoms in total. The van der Waals surface area contributed by atoms with Crippen molar-refractivity contribution in [1.29, 1.82) is 0 Å². The molecule has 33 heavy (non-hydrogen) atoms. The van der Waals surface area contributed by atoms with Crippen molar-refractivity contribution in [3.05, 3.63) is 65.7 Å². The fourth-order valence-corrected chi connectivity index (χ4v) is 2.51. The zero-order valence-electron chi connectivity index (χ0n) is 18.4. The van der Waals surface area contributed by atoms with Crippen molar-refractivity contribution in [2.24, 2.45) is 0 Å². The van der Waals surface area contributed by atoms with E-state index >= 15 is 0 Å². The van der Waals surface area contributed by atoms with Crippen LogP contribution in [0.3, 0.4) is 0 Å². The summed E-state index contributed by atoms with van der Waals surface area (Å²) >= 11 is 0. The molecule has 2 aromatic rings. The molecule has 2 aromatic carbocycles. The molecule has 0 saturated carbocycles. The highest BCUT2D eigenvalue weighted by atomic mass is 16.5. The third-order valence-corrected chi connectivity index (χ3v) is 4.31. The zero-order valence-corrected chi connectivity index (χ0v) is 18.4. The Morgan fingerprint density at radius 1 is 0.939 bits per heavy atom. The van der Waals surface area contributed by atoms with Gasteiger partial charge < -0.3 is 25.2 Å². The highest BCUT2D eigenvalue weighted by Crippen LogP contribution is 2.16. The van der Waals surface area contributed by atoms with E-state index in [1.54, 1.807) is 24.3 Å². The predicted octanol–water partition coefficient (Wildman–Crippen LogP) is 3.63. The summed E-state index contributed by atoms with van der Waals surface area (Å²) in [6, 6.07) is 12.6. The highest BCUT2D eigenvalue weighted by molar-refractivity contribution is 6.04. The van der Waals surface area contributed by atoms with Gasteiger partial charge in [0.1, 0.15) is 5.75 Å². The van der Waals surface area contributed by atoms with Crippen LogP contribution >= 0.6 is 0 Å². The predicted molar refractivity (Wildman–Crippen MR) is 122 cm³/mol. The lowest BCUT2D eigenvalue weighted by Gasteiger charge is -2.09. The Morgan fingerprint density at radius 2 is 1.55 bits per heavy atom. The number of anilines is 2. The number of unbranched alkanes of at least 4 members (excludes halogenated alkanes) is 1. The van der Waals surface area contributed by atoms with Gasteiger partial charge in [0.2, 0.25) is 5.91 Å². The van der Waals surface area contributed by atoms with Gasteiger partial charge in [-0.05, 0) is 61.9 Å². The number of carboxylic acids is 1. The molecule has 0 atom stereocenters. The van der Waals surface area contributed by atoms with E-state index in [0.717, 1.165) is 18.9 Å². The van der Waals surface area contributed by atoms with E-state index in [4.69, 9.17) is 14.6 Å². The number of esters is 1. The molecule has 2 amide bonds. The van der Waals surface area contributed by atoms with Gasteiger partial charge in [0.25, 0.3) is 5.91 Å². The van der Waals surface area contributed by atoms with Crippen LogP contribution in [0.2, 0.25) is 0 Å². The van der Waals surface area contributed by atoms with Gasteiger partial charge in [-0.15, -0.1) is 0 Å². The second-order valence-corrected chi connectivity index (χ2v) is 7.05. The standard InChI is InChI=1S/C24H26N2O7/c1-3-4-13-32-20-11-9-19(10-12-20)26-22(28)15-33-24(31)17-5-7-18(8-6-17)25-21(27)14-16(2)23(29)30/h5-12,14H,3-4,13,15H2,1-2H3,(H,25,27)(H,26,28)(H,29,30)/b16-14+. The number of carbonyl (C=O) groups excluding carboxylic acids is 3. The lowest BCUT2D eigenvalue weighted by atomic mass is 10.2. The van der Waals surface area contributed by atoms with Gasteiger partial charge in [-0.3, -0.25) is 9.59 Å². The van der Waals surface area contributed by atoms with E-state index in [9.17, 15) is 19.2 Å². The van der Waals surface area contributed by atoms with E-state index < -0.39 is 30.4 Å². The number of hydrogen-bond acceptors (Lipinski definition) is 6. The van der Waals surface area contributed by atoms with Crippen LogP contribution in [0.1, 0.15) is 37.0 Å². The first-order valence-electron chi connectivity index (χ1n) is 10.3. The molecule has 9 heteroatoms. The Labute approximate surface area is 191 Å². The second kappa shape index (κ2) is 12.7. The van der Waals surface area contributed by atoms with Gasteiger partial charge in [0, 0.05) is 23.0 Å². The largest absolute Gasteiger partial charge is 0.494 e. The molecule has 0 radical (unpaired) electrons. The van der Waals surface area contributed by atoms with Gasteiger partial charge >= 0.3 is 11.9 Å². The molecule has 0 aliphatic rings. The average Bonchev–Trinajstić information content (AvgIpc) is 2.79. The van der Waals surface area contributed by atoms with Crippen LogP contribution in [0.4, 0.5) is 11.4 Å². The molecule has 3 N–H and O–H groups in total. The van der Waals surface area contributed by atoms with Gasteiger partial charge in [-0.2, -0.15) is 0 Å². The van der Waals surface area contributed by atoms with Gasteiger partial charge in [-0.1, -0.05) is 13.3 Å².